The Hall–Kier alpha value is -7.33. The summed E-state index contributed by atoms with van der Waals surface area (Å²) in [5.41, 5.74) is 12.8. The number of pyridine rings is 1. The van der Waals surface area contributed by atoms with Crippen LogP contribution in [-0.4, -0.2) is 14.1 Å². The van der Waals surface area contributed by atoms with Crippen LogP contribution in [0.15, 0.2) is 188 Å². The van der Waals surface area contributed by atoms with Crippen LogP contribution in [0.5, 0.6) is 11.5 Å². The first-order valence-corrected chi connectivity index (χ1v) is 25.1. The van der Waals surface area contributed by atoms with Gasteiger partial charge in [0.1, 0.15) is 5.82 Å². The van der Waals surface area contributed by atoms with Crippen LogP contribution in [0.25, 0.3) is 83.4 Å². The maximum Gasteiger partial charge on any atom is 0.268 e. The van der Waals surface area contributed by atoms with Gasteiger partial charge in [0.2, 0.25) is 0 Å². The molecule has 74 heavy (non-hydrogen) atoms. The number of rotatable bonds is 10. The van der Waals surface area contributed by atoms with Crippen molar-refractivity contribution >= 4 is 32.8 Å². The quantitative estimate of drug-likeness (QED) is 0.101. The molecule has 8 aromatic carbocycles. The van der Waals surface area contributed by atoms with Crippen molar-refractivity contribution < 1.29 is 37.2 Å². The minimum Gasteiger partial charge on any atom is -0.510 e. The molecule has 6 heteroatoms. The van der Waals surface area contributed by atoms with Gasteiger partial charge in [-0.3, -0.25) is 4.57 Å². The van der Waals surface area contributed by atoms with E-state index in [0.29, 0.717) is 28.4 Å². The monoisotopic (exact) mass is 1150 g/mol. The number of imidazole rings is 1. The molecule has 0 saturated heterocycles. The van der Waals surface area contributed by atoms with Crippen molar-refractivity contribution in [2.24, 2.45) is 10.8 Å². The summed E-state index contributed by atoms with van der Waals surface area (Å²) in [5.74, 6) is 1.76. The third-order valence-corrected chi connectivity index (χ3v) is 13.2. The average Bonchev–Trinajstić information content (AvgIpc) is 4.15. The van der Waals surface area contributed by atoms with Crippen molar-refractivity contribution in [3.8, 4) is 62.1 Å². The molecule has 3 heterocycles. The van der Waals surface area contributed by atoms with E-state index < -0.39 is 18.1 Å². The fraction of sp³-hybridized carbons (Fsp3) is 0.206. The first kappa shape index (κ1) is 44.2. The number of hydrogen-bond donors (Lipinski definition) is 0. The van der Waals surface area contributed by atoms with E-state index in [0.717, 1.165) is 73.8 Å². The largest absolute Gasteiger partial charge is 0.510 e. The molecule has 11 aromatic rings. The zero-order valence-electron chi connectivity index (χ0n) is 48.4. The predicted molar refractivity (Wildman–Crippen MR) is 301 cm³/mol. The molecular formula is C68H62N4OPt-2. The molecule has 0 spiro atoms. The topological polar surface area (TPSA) is 35.9 Å². The molecule has 0 aliphatic rings. The number of fused-ring (bicyclic) bond motifs is 4. The van der Waals surface area contributed by atoms with Crippen LogP contribution in [0.2, 0.25) is 0 Å². The molecule has 11 rings (SSSR count). The smallest absolute Gasteiger partial charge is 0.268 e. The van der Waals surface area contributed by atoms with E-state index in [1.54, 1.807) is 0 Å². The van der Waals surface area contributed by atoms with E-state index in [4.69, 9.17) is 13.8 Å². The Labute approximate surface area is 458 Å². The second kappa shape index (κ2) is 19.8. The van der Waals surface area contributed by atoms with Crippen LogP contribution in [0.1, 0.15) is 85.9 Å². The van der Waals surface area contributed by atoms with Gasteiger partial charge in [-0.1, -0.05) is 201 Å². The number of para-hydroxylation sites is 3. The summed E-state index contributed by atoms with van der Waals surface area (Å²) in [6.45, 7) is 20.1. The molecule has 5 nitrogen and oxygen atoms in total. The van der Waals surface area contributed by atoms with Gasteiger partial charge in [0, 0.05) is 44.3 Å². The van der Waals surface area contributed by atoms with Crippen LogP contribution in [0.4, 0.5) is 0 Å². The molecule has 0 unspecified atom stereocenters. The van der Waals surface area contributed by atoms with Crippen molar-refractivity contribution in [1.29, 1.82) is 0 Å². The molecule has 0 aliphatic carbocycles. The van der Waals surface area contributed by atoms with Gasteiger partial charge in [0.25, 0.3) is 6.33 Å². The number of benzene rings is 8. The third kappa shape index (κ3) is 10.3. The van der Waals surface area contributed by atoms with Gasteiger partial charge in [-0.05, 0) is 108 Å². The van der Waals surface area contributed by atoms with Gasteiger partial charge in [-0.15, -0.1) is 29.7 Å². The molecule has 0 atom stereocenters. The Morgan fingerprint density at radius 1 is 0.568 bits per heavy atom. The molecule has 3 aromatic heterocycles. The van der Waals surface area contributed by atoms with E-state index in [-0.39, 0.29) is 55.0 Å². The molecule has 372 valence electrons. The molecule has 0 radical (unpaired) electrons. The molecule has 0 bridgehead atoms. The van der Waals surface area contributed by atoms with Gasteiger partial charge in [-0.25, -0.2) is 4.98 Å². The normalized spacial score (nSPS) is 13.1. The Balaban J connectivity index is 0.00000704. The molecule has 0 saturated carbocycles. The van der Waals surface area contributed by atoms with Crippen molar-refractivity contribution in [2.45, 2.75) is 80.6 Å². The summed E-state index contributed by atoms with van der Waals surface area (Å²) in [7, 11) is 0. The second-order valence-corrected chi connectivity index (χ2v) is 22.6. The number of aromatic nitrogens is 4. The van der Waals surface area contributed by atoms with E-state index >= 15 is 0 Å². The molecule has 0 aliphatic heterocycles. The predicted octanol–water partition coefficient (Wildman–Crippen LogP) is 17.1. The van der Waals surface area contributed by atoms with E-state index in [1.165, 1.54) is 16.7 Å². The Morgan fingerprint density at radius 3 is 1.96 bits per heavy atom. The molecule has 0 N–H and O–H groups in total. The average molecular weight is 1150 g/mol. The van der Waals surface area contributed by atoms with Crippen molar-refractivity contribution in [3.05, 3.63) is 223 Å². The maximum absolute atomic E-state index is 9.27. The summed E-state index contributed by atoms with van der Waals surface area (Å²) in [6, 6.07) is 57.1. The first-order chi connectivity index (χ1) is 37.1. The van der Waals surface area contributed by atoms with Gasteiger partial charge in [0.15, 0.2) is 0 Å². The summed E-state index contributed by atoms with van der Waals surface area (Å²) < 4.78 is 57.4. The van der Waals surface area contributed by atoms with Gasteiger partial charge in [-0.2, -0.15) is 18.2 Å². The molecular weight excluding hydrogens is 1080 g/mol. The zero-order valence-corrected chi connectivity index (χ0v) is 45.7. The Morgan fingerprint density at radius 2 is 1.24 bits per heavy atom. The third-order valence-electron chi connectivity index (χ3n) is 13.2. The summed E-state index contributed by atoms with van der Waals surface area (Å²) in [5, 5.41) is 2.09. The fourth-order valence-electron chi connectivity index (χ4n) is 10.1. The zero-order chi connectivity index (χ0) is 55.0. The van der Waals surface area contributed by atoms with Crippen LogP contribution >= 0.6 is 0 Å². The minimum atomic E-state index is -0.443. The summed E-state index contributed by atoms with van der Waals surface area (Å²) >= 11 is 0. The Bertz CT molecular complexity index is 4080. The minimum absolute atomic E-state index is 0. The standard InChI is InChI=1S/C68H62N4O.Pt/c1-66(2,3)43-46-36-47(44-67(4,5)6)38-51(37-46)57-27-19-26-56(49-22-14-11-15-23-49)65(57)71-45-70(61-28-16-17-29-62(61)71)53-24-18-25-54(41-53)73-55-31-32-58-59-39-50(48-20-12-10-13-21-48)30-33-60(59)72(63(58)42-55)64-40-52(34-35-69-64)68(7,8)9;/h10-40H,43-44H2,1-9H3;/q-2;/i11D,14D,15D,22D,23D;. The number of nitrogens with zero attached hydrogens (tertiary/aromatic N) is 4. The van der Waals surface area contributed by atoms with Crippen LogP contribution in [0.3, 0.4) is 0 Å². The summed E-state index contributed by atoms with van der Waals surface area (Å²) in [4.78, 5) is 4.93. The van der Waals surface area contributed by atoms with Gasteiger partial charge >= 0.3 is 0 Å². The Kier molecular flexibility index (Phi) is 11.8. The van der Waals surface area contributed by atoms with Crippen molar-refractivity contribution in [2.75, 3.05) is 0 Å². The van der Waals surface area contributed by atoms with E-state index in [2.05, 4.69) is 170 Å². The van der Waals surface area contributed by atoms with Crippen molar-refractivity contribution in [3.63, 3.8) is 0 Å². The van der Waals surface area contributed by atoms with Gasteiger partial charge < -0.3 is 13.9 Å². The number of hydrogen-bond acceptors (Lipinski definition) is 2. The fourth-order valence-corrected chi connectivity index (χ4v) is 10.1. The molecule has 0 amide bonds. The number of ether oxygens (including phenoxy) is 1. The maximum atomic E-state index is 9.27. The second-order valence-electron chi connectivity index (χ2n) is 22.6. The first-order valence-electron chi connectivity index (χ1n) is 27.6. The van der Waals surface area contributed by atoms with Crippen LogP contribution < -0.4 is 9.30 Å². The van der Waals surface area contributed by atoms with Gasteiger partial charge in [0.05, 0.1) is 23.6 Å². The molecule has 0 fully saturated rings. The van der Waals surface area contributed by atoms with Crippen molar-refractivity contribution in [1.82, 2.24) is 14.1 Å². The van der Waals surface area contributed by atoms with Crippen LogP contribution in [0, 0.1) is 29.3 Å². The summed E-state index contributed by atoms with van der Waals surface area (Å²) in [6.07, 6.45) is 7.26. The van der Waals surface area contributed by atoms with E-state index in [9.17, 15) is 2.74 Å². The SMILES string of the molecule is [2H]c1c([2H])c([2H])c(-c2cccc(-c3cc(CC(C)(C)C)cc(CC(C)(C)C)c3)c2-[n+]2[c-]n(-c3[c-]c(Oc4[c-]c5c(cc4)c4cc(-c6ccccc6)ccc4n5-c4cc(C(C)(C)C)ccn4)ccc3)c3ccccc32)c([2H])c1[2H].[Pt]. The van der Waals surface area contributed by atoms with E-state index in [1.807, 2.05) is 82.1 Å². The van der Waals surface area contributed by atoms with Crippen LogP contribution in [-0.2, 0) is 39.3 Å².